The molecule has 1 N–H and O–H groups in total. The zero-order valence-corrected chi connectivity index (χ0v) is 21.8. The maximum atomic E-state index is 13.4. The lowest BCUT2D eigenvalue weighted by Crippen LogP contribution is -2.26. The van der Waals surface area contributed by atoms with Crippen LogP contribution < -0.4 is 0 Å². The number of H-pyrrole nitrogens is 1. The van der Waals surface area contributed by atoms with E-state index >= 15 is 0 Å². The Kier molecular flexibility index (Phi) is 5.67. The zero-order chi connectivity index (χ0) is 24.0. The molecule has 6 nitrogen and oxygen atoms in total. The summed E-state index contributed by atoms with van der Waals surface area (Å²) >= 11 is 0. The van der Waals surface area contributed by atoms with Gasteiger partial charge in [0.15, 0.2) is 0 Å². The minimum Gasteiger partial charge on any atom is -0.398 e. The van der Waals surface area contributed by atoms with Gasteiger partial charge in [-0.15, -0.1) is 0 Å². The van der Waals surface area contributed by atoms with E-state index in [2.05, 4.69) is 28.9 Å². The van der Waals surface area contributed by atoms with Crippen molar-refractivity contribution in [2.75, 3.05) is 13.7 Å². The Hall–Kier alpha value is -3.21. The summed E-state index contributed by atoms with van der Waals surface area (Å²) in [5.41, 5.74) is 4.32. The van der Waals surface area contributed by atoms with E-state index in [1.54, 1.807) is 7.05 Å². The van der Waals surface area contributed by atoms with E-state index in [4.69, 9.17) is 4.43 Å². The molecule has 0 saturated carbocycles. The average Bonchev–Trinajstić information content (AvgIpc) is 3.45. The summed E-state index contributed by atoms with van der Waals surface area (Å²) in [4.78, 5) is 31.1. The number of fused-ring (bicyclic) bond motifs is 2. The van der Waals surface area contributed by atoms with Crippen LogP contribution >= 0.6 is 0 Å². The molecule has 2 aromatic heterocycles. The number of hydrogen-bond donors (Lipinski definition) is 1. The highest BCUT2D eigenvalue weighted by Crippen LogP contribution is 2.40. The lowest BCUT2D eigenvalue weighted by Gasteiger charge is -2.15. The Bertz CT molecular complexity index is 1460. The summed E-state index contributed by atoms with van der Waals surface area (Å²) in [5, 5.41) is 1.86. The van der Waals surface area contributed by atoms with Gasteiger partial charge >= 0.3 is 9.92 Å². The molecule has 0 atom stereocenters. The predicted molar refractivity (Wildman–Crippen MR) is 140 cm³/mol. The normalized spacial score (nSPS) is 14.9. The summed E-state index contributed by atoms with van der Waals surface area (Å²) in [6.45, 7) is 7.72. The number of carbonyl (C=O) groups is 2. The molecule has 1 aliphatic rings. The van der Waals surface area contributed by atoms with Gasteiger partial charge in [0.1, 0.15) is 0 Å². The molecule has 0 unspecified atom stereocenters. The predicted octanol–water partition coefficient (Wildman–Crippen LogP) is 4.77. The smallest absolute Gasteiger partial charge is 0.386 e. The number of carbonyl (C=O) groups excluding carboxylic acids is 2. The van der Waals surface area contributed by atoms with E-state index in [0.717, 1.165) is 45.6 Å². The number of aromatic amines is 1. The number of aromatic nitrogens is 2. The monoisotopic (exact) mass is 485 g/mol. The number of nitrogens with one attached hydrogen (secondary N) is 1. The third-order valence-corrected chi connectivity index (χ3v) is 8.85. The SMILES string of the molecule is CN1C(=O)C(c2c[nH]c3ccccc23)=C(c2cn([Si]OCC[Si](C)(C)C)c3ccccc23)C1=O. The molecule has 34 heavy (non-hydrogen) atoms. The first kappa shape index (κ1) is 22.6. The number of likely N-dealkylation sites (N-methyl/N-ethyl adjacent to an activating group) is 1. The van der Waals surface area contributed by atoms with Gasteiger partial charge in [-0.05, 0) is 18.2 Å². The maximum absolute atomic E-state index is 13.4. The van der Waals surface area contributed by atoms with Gasteiger partial charge in [-0.25, -0.2) is 0 Å². The van der Waals surface area contributed by atoms with Crippen LogP contribution in [-0.2, 0) is 14.0 Å². The molecule has 0 aliphatic carbocycles. The van der Waals surface area contributed by atoms with Crippen molar-refractivity contribution >= 4 is 62.8 Å². The first-order valence-electron chi connectivity index (χ1n) is 11.4. The fourth-order valence-corrected chi connectivity index (χ4v) is 6.07. The Morgan fingerprint density at radius 3 is 2.29 bits per heavy atom. The van der Waals surface area contributed by atoms with Crippen LogP contribution in [0.5, 0.6) is 0 Å². The standard InChI is InChI=1S/C26H27N3O3Si2/c1-28-25(30)23(19-15-27-21-11-7-5-9-17(19)21)24(26(28)31)20-16-29(22-12-8-6-10-18(20)22)33-32-13-14-34(2,3)4/h5-12,15-16,27H,13-14H2,1-4H3. The van der Waals surface area contributed by atoms with Crippen LogP contribution in [0.3, 0.4) is 0 Å². The number of benzene rings is 2. The molecule has 0 spiro atoms. The van der Waals surface area contributed by atoms with Crippen LogP contribution in [0.25, 0.3) is 33.0 Å². The van der Waals surface area contributed by atoms with E-state index in [9.17, 15) is 9.59 Å². The van der Waals surface area contributed by atoms with Gasteiger partial charge in [0.2, 0.25) is 0 Å². The topological polar surface area (TPSA) is 67.3 Å². The van der Waals surface area contributed by atoms with Gasteiger partial charge in [0, 0.05) is 67.1 Å². The molecule has 1 aliphatic heterocycles. The van der Waals surface area contributed by atoms with E-state index in [1.807, 2.05) is 60.9 Å². The van der Waals surface area contributed by atoms with Gasteiger partial charge < -0.3 is 13.6 Å². The van der Waals surface area contributed by atoms with Crippen molar-refractivity contribution in [3.63, 3.8) is 0 Å². The van der Waals surface area contributed by atoms with Crippen molar-refractivity contribution in [1.29, 1.82) is 0 Å². The van der Waals surface area contributed by atoms with E-state index in [1.165, 1.54) is 4.90 Å². The Labute approximate surface area is 202 Å². The Morgan fingerprint density at radius 2 is 1.56 bits per heavy atom. The summed E-state index contributed by atoms with van der Waals surface area (Å²) in [6.07, 6.45) is 3.79. The van der Waals surface area contributed by atoms with Crippen LogP contribution in [0.2, 0.25) is 25.7 Å². The third kappa shape index (κ3) is 3.87. The average molecular weight is 486 g/mol. The van der Waals surface area contributed by atoms with Gasteiger partial charge in [-0.1, -0.05) is 56.0 Å². The van der Waals surface area contributed by atoms with Crippen molar-refractivity contribution < 1.29 is 14.0 Å². The number of nitrogens with zero attached hydrogens (tertiary/aromatic N) is 2. The van der Waals surface area contributed by atoms with Crippen LogP contribution in [0.1, 0.15) is 11.1 Å². The molecule has 2 amide bonds. The van der Waals surface area contributed by atoms with Gasteiger partial charge in [-0.3, -0.25) is 14.5 Å². The molecule has 4 aromatic rings. The second-order valence-electron chi connectivity index (χ2n) is 9.85. The first-order valence-corrected chi connectivity index (χ1v) is 15.9. The zero-order valence-electron chi connectivity index (χ0n) is 19.8. The second kappa shape index (κ2) is 8.54. The molecule has 0 bridgehead atoms. The number of hydrogen-bond acceptors (Lipinski definition) is 3. The Morgan fingerprint density at radius 1 is 0.912 bits per heavy atom. The van der Waals surface area contributed by atoms with Crippen molar-refractivity contribution in [3.8, 4) is 0 Å². The van der Waals surface area contributed by atoms with Gasteiger partial charge in [0.05, 0.1) is 11.1 Å². The molecule has 0 saturated heterocycles. The third-order valence-electron chi connectivity index (χ3n) is 6.24. The fourth-order valence-electron chi connectivity index (χ4n) is 4.35. The molecule has 8 heteroatoms. The second-order valence-corrected chi connectivity index (χ2v) is 16.4. The van der Waals surface area contributed by atoms with Crippen molar-refractivity contribution in [2.24, 2.45) is 0 Å². The fraction of sp³-hybridized carbons (Fsp3) is 0.231. The van der Waals surface area contributed by atoms with Crippen LogP contribution in [-0.4, -0.2) is 57.6 Å². The molecule has 5 rings (SSSR count). The van der Waals surface area contributed by atoms with Crippen molar-refractivity contribution in [3.05, 3.63) is 72.1 Å². The van der Waals surface area contributed by atoms with Crippen LogP contribution in [0, 0.1) is 0 Å². The molecule has 172 valence electrons. The minimum atomic E-state index is -1.18. The van der Waals surface area contributed by atoms with Crippen molar-refractivity contribution in [1.82, 2.24) is 14.1 Å². The summed E-state index contributed by atoms with van der Waals surface area (Å²) in [7, 11) is 0.479. The Balaban J connectivity index is 1.63. The molecule has 0 fully saturated rings. The summed E-state index contributed by atoms with van der Waals surface area (Å²) in [6, 6.07) is 16.9. The van der Waals surface area contributed by atoms with Crippen LogP contribution in [0.4, 0.5) is 0 Å². The summed E-state index contributed by atoms with van der Waals surface area (Å²) in [5.74, 6) is -0.563. The molecular formula is C26H27N3O3Si2. The first-order chi connectivity index (χ1) is 16.3. The minimum absolute atomic E-state index is 0.110. The van der Waals surface area contributed by atoms with Gasteiger partial charge in [0.25, 0.3) is 11.8 Å². The molecule has 3 heterocycles. The molecule has 2 aromatic carbocycles. The van der Waals surface area contributed by atoms with Crippen LogP contribution in [0.15, 0.2) is 60.9 Å². The number of imide groups is 1. The lowest BCUT2D eigenvalue weighted by atomic mass is 9.95. The highest BCUT2D eigenvalue weighted by molar-refractivity contribution is 6.76. The number of amides is 2. The number of para-hydroxylation sites is 2. The largest absolute Gasteiger partial charge is 0.398 e. The van der Waals surface area contributed by atoms with E-state index < -0.39 is 8.07 Å². The highest BCUT2D eigenvalue weighted by atomic mass is 28.3. The maximum Gasteiger partial charge on any atom is 0.386 e. The quantitative estimate of drug-likeness (QED) is 0.233. The van der Waals surface area contributed by atoms with E-state index in [0.29, 0.717) is 11.1 Å². The molecule has 2 radical (unpaired) electrons. The van der Waals surface area contributed by atoms with Gasteiger partial charge in [-0.2, -0.15) is 0 Å². The molecular weight excluding hydrogens is 458 g/mol. The van der Waals surface area contributed by atoms with E-state index in [-0.39, 0.29) is 21.7 Å². The number of rotatable bonds is 7. The lowest BCUT2D eigenvalue weighted by molar-refractivity contribution is -0.134. The van der Waals surface area contributed by atoms with Crippen molar-refractivity contribution in [2.45, 2.75) is 25.7 Å². The highest BCUT2D eigenvalue weighted by Gasteiger charge is 2.39. The summed E-state index contributed by atoms with van der Waals surface area (Å²) < 4.78 is 8.11.